The average Bonchev–Trinajstić information content (AvgIpc) is 3.31. The fraction of sp³-hybridized carbons (Fsp3) is 0.348. The topological polar surface area (TPSA) is 124 Å². The number of anilines is 1. The Balaban J connectivity index is 1.49. The predicted molar refractivity (Wildman–Crippen MR) is 124 cm³/mol. The molecular formula is C23H26N4O6S. The number of methoxy groups -OCH3 is 2. The number of sulfonamides is 1. The molecule has 0 aliphatic carbocycles. The predicted octanol–water partition coefficient (Wildman–Crippen LogP) is 3.57. The first-order valence-electron chi connectivity index (χ1n) is 10.8. The van der Waals surface area contributed by atoms with Gasteiger partial charge < -0.3 is 13.9 Å². The lowest BCUT2D eigenvalue weighted by Gasteiger charge is -2.32. The van der Waals surface area contributed by atoms with Gasteiger partial charge in [-0.3, -0.25) is 10.1 Å². The van der Waals surface area contributed by atoms with E-state index in [0.717, 1.165) is 19.3 Å². The maximum Gasteiger partial charge on any atom is 0.322 e. The van der Waals surface area contributed by atoms with Crippen molar-refractivity contribution in [2.24, 2.45) is 0 Å². The third-order valence-electron chi connectivity index (χ3n) is 5.74. The molecule has 34 heavy (non-hydrogen) atoms. The van der Waals surface area contributed by atoms with Crippen LogP contribution in [0.1, 0.15) is 36.5 Å². The largest absolute Gasteiger partial charge is 0.493 e. The zero-order chi connectivity index (χ0) is 24.3. The highest BCUT2D eigenvalue weighted by Gasteiger charge is 2.31. The minimum atomic E-state index is -3.61. The van der Waals surface area contributed by atoms with Crippen molar-refractivity contribution in [3.63, 3.8) is 0 Å². The molecule has 1 aromatic heterocycles. The molecule has 0 bridgehead atoms. The van der Waals surface area contributed by atoms with Crippen molar-refractivity contribution < 1.29 is 27.1 Å². The quantitative estimate of drug-likeness (QED) is 0.538. The maximum absolute atomic E-state index is 13.0. The van der Waals surface area contributed by atoms with Gasteiger partial charge in [0.05, 0.1) is 24.7 Å². The smallest absolute Gasteiger partial charge is 0.322 e. The van der Waals surface area contributed by atoms with E-state index in [9.17, 15) is 13.2 Å². The van der Waals surface area contributed by atoms with Crippen molar-refractivity contribution in [3.8, 4) is 23.0 Å². The number of piperidine rings is 1. The van der Waals surface area contributed by atoms with Gasteiger partial charge in [0.1, 0.15) is 0 Å². The van der Waals surface area contributed by atoms with Crippen molar-refractivity contribution >= 4 is 21.9 Å². The molecule has 180 valence electrons. The van der Waals surface area contributed by atoms with Gasteiger partial charge >= 0.3 is 6.01 Å². The molecule has 1 saturated heterocycles. The second kappa shape index (κ2) is 9.82. The number of hydrogen-bond donors (Lipinski definition) is 1. The van der Waals surface area contributed by atoms with Crippen LogP contribution >= 0.6 is 0 Å². The van der Waals surface area contributed by atoms with E-state index in [0.29, 0.717) is 23.6 Å². The third kappa shape index (κ3) is 4.62. The number of aromatic nitrogens is 2. The minimum absolute atomic E-state index is 0.0448. The zero-order valence-electron chi connectivity index (χ0n) is 19.1. The van der Waals surface area contributed by atoms with E-state index in [1.54, 1.807) is 18.2 Å². The van der Waals surface area contributed by atoms with E-state index in [4.69, 9.17) is 13.9 Å². The van der Waals surface area contributed by atoms with Gasteiger partial charge in [-0.1, -0.05) is 17.6 Å². The second-order valence-electron chi connectivity index (χ2n) is 7.89. The van der Waals surface area contributed by atoms with Crippen molar-refractivity contribution in [3.05, 3.63) is 48.0 Å². The number of benzene rings is 2. The van der Waals surface area contributed by atoms with Crippen LogP contribution in [0.3, 0.4) is 0 Å². The molecule has 0 radical (unpaired) electrons. The van der Waals surface area contributed by atoms with E-state index in [1.165, 1.54) is 42.8 Å². The molecule has 3 aromatic rings. The van der Waals surface area contributed by atoms with Crippen LogP contribution in [0.5, 0.6) is 11.5 Å². The lowest BCUT2D eigenvalue weighted by molar-refractivity contribution is 0.102. The van der Waals surface area contributed by atoms with Crippen molar-refractivity contribution in [2.75, 3.05) is 26.1 Å². The molecule has 1 N–H and O–H groups in total. The number of amides is 1. The molecule has 1 unspecified atom stereocenters. The Morgan fingerprint density at radius 2 is 1.85 bits per heavy atom. The standard InChI is InChI=1S/C23H26N4O6S/c1-15-7-4-5-14-27(15)34(29,30)17-12-10-16(11-13-17)21(28)24-23-26-25-22(33-23)18-8-6-9-19(31-2)20(18)32-3/h6,8-13,15H,4-5,7,14H2,1-3H3,(H,24,26,28). The first-order chi connectivity index (χ1) is 16.3. The third-order valence-corrected chi connectivity index (χ3v) is 7.77. The SMILES string of the molecule is COc1cccc(-c2nnc(NC(=O)c3ccc(S(=O)(=O)N4CCCCC4C)cc3)o2)c1OC. The van der Waals surface area contributed by atoms with Gasteiger partial charge in [-0.05, 0) is 56.2 Å². The molecule has 0 saturated carbocycles. The molecule has 10 nitrogen and oxygen atoms in total. The Kier molecular flexibility index (Phi) is 6.85. The fourth-order valence-corrected chi connectivity index (χ4v) is 5.65. The molecule has 2 aromatic carbocycles. The van der Waals surface area contributed by atoms with Crippen LogP contribution in [-0.4, -0.2) is 55.6 Å². The number of carbonyl (C=O) groups excluding carboxylic acids is 1. The van der Waals surface area contributed by atoms with E-state index in [1.807, 2.05) is 6.92 Å². The van der Waals surface area contributed by atoms with E-state index in [2.05, 4.69) is 15.5 Å². The summed E-state index contributed by atoms with van der Waals surface area (Å²) in [6, 6.07) is 10.8. The normalized spacial score (nSPS) is 16.7. The molecule has 1 aliphatic rings. The van der Waals surface area contributed by atoms with Gasteiger partial charge in [-0.2, -0.15) is 4.31 Å². The molecule has 1 atom stereocenters. The van der Waals surface area contributed by atoms with Gasteiger partial charge in [-0.25, -0.2) is 8.42 Å². The van der Waals surface area contributed by atoms with Crippen LogP contribution in [-0.2, 0) is 10.0 Å². The number of para-hydroxylation sites is 1. The van der Waals surface area contributed by atoms with E-state index < -0.39 is 15.9 Å². The Morgan fingerprint density at radius 1 is 1.09 bits per heavy atom. The van der Waals surface area contributed by atoms with Crippen LogP contribution in [0.4, 0.5) is 6.01 Å². The number of ether oxygens (including phenoxy) is 2. The number of carbonyl (C=O) groups is 1. The van der Waals surface area contributed by atoms with E-state index in [-0.39, 0.29) is 28.4 Å². The lowest BCUT2D eigenvalue weighted by Crippen LogP contribution is -2.41. The summed E-state index contributed by atoms with van der Waals surface area (Å²) in [7, 11) is -0.599. The van der Waals surface area contributed by atoms with Gasteiger partial charge in [0.15, 0.2) is 11.5 Å². The summed E-state index contributed by atoms with van der Waals surface area (Å²) in [5.74, 6) is 0.551. The summed E-state index contributed by atoms with van der Waals surface area (Å²) < 4.78 is 43.7. The molecule has 1 aliphatic heterocycles. The average molecular weight is 487 g/mol. The Labute approximate surface area is 197 Å². The summed E-state index contributed by atoms with van der Waals surface area (Å²) in [6.45, 7) is 2.42. The summed E-state index contributed by atoms with van der Waals surface area (Å²) in [5.41, 5.74) is 0.765. The zero-order valence-corrected chi connectivity index (χ0v) is 20.0. The fourth-order valence-electron chi connectivity index (χ4n) is 3.95. The highest BCUT2D eigenvalue weighted by molar-refractivity contribution is 7.89. The van der Waals surface area contributed by atoms with Gasteiger partial charge in [0.25, 0.3) is 11.8 Å². The molecular weight excluding hydrogens is 460 g/mol. The molecule has 1 amide bonds. The summed E-state index contributed by atoms with van der Waals surface area (Å²) in [4.78, 5) is 12.8. The first kappa shape index (κ1) is 23.7. The van der Waals surface area contributed by atoms with Gasteiger partial charge in [-0.15, -0.1) is 5.10 Å². The van der Waals surface area contributed by atoms with Crippen LogP contribution in [0.15, 0.2) is 51.8 Å². The van der Waals surface area contributed by atoms with Gasteiger partial charge in [0, 0.05) is 18.2 Å². The Hall–Kier alpha value is -3.44. The van der Waals surface area contributed by atoms with Crippen molar-refractivity contribution in [2.45, 2.75) is 37.1 Å². The van der Waals surface area contributed by atoms with Crippen LogP contribution in [0.25, 0.3) is 11.5 Å². The summed E-state index contributed by atoms with van der Waals surface area (Å²) >= 11 is 0. The molecule has 4 rings (SSSR count). The molecule has 0 spiro atoms. The molecule has 11 heteroatoms. The van der Waals surface area contributed by atoms with Crippen molar-refractivity contribution in [1.29, 1.82) is 0 Å². The number of nitrogens with one attached hydrogen (secondary N) is 1. The van der Waals surface area contributed by atoms with E-state index >= 15 is 0 Å². The van der Waals surface area contributed by atoms with Gasteiger partial charge in [0.2, 0.25) is 10.0 Å². The molecule has 2 heterocycles. The monoisotopic (exact) mass is 486 g/mol. The highest BCUT2D eigenvalue weighted by Crippen LogP contribution is 2.37. The number of hydrogen-bond acceptors (Lipinski definition) is 8. The minimum Gasteiger partial charge on any atom is -0.493 e. The lowest BCUT2D eigenvalue weighted by atomic mass is 10.1. The Morgan fingerprint density at radius 3 is 2.53 bits per heavy atom. The van der Waals surface area contributed by atoms with Crippen LogP contribution < -0.4 is 14.8 Å². The van der Waals surface area contributed by atoms with Crippen LogP contribution in [0, 0.1) is 0 Å². The Bertz CT molecular complexity index is 1270. The summed E-state index contributed by atoms with van der Waals surface area (Å²) in [6.07, 6.45) is 2.71. The maximum atomic E-state index is 13.0. The molecule has 1 fully saturated rings. The summed E-state index contributed by atoms with van der Waals surface area (Å²) in [5, 5.41) is 10.4. The highest BCUT2D eigenvalue weighted by atomic mass is 32.2. The number of nitrogens with zero attached hydrogens (tertiary/aromatic N) is 3. The van der Waals surface area contributed by atoms with Crippen molar-refractivity contribution in [1.82, 2.24) is 14.5 Å². The first-order valence-corrected chi connectivity index (χ1v) is 12.3. The second-order valence-corrected chi connectivity index (χ2v) is 9.78. The van der Waals surface area contributed by atoms with Crippen LogP contribution in [0.2, 0.25) is 0 Å². The number of rotatable bonds is 7.